The minimum Gasteiger partial charge on any atom is -0.442 e. The third kappa shape index (κ3) is 2.30. The molecule has 1 heterocycles. The number of hydrogen-bond acceptors (Lipinski definition) is 4. The van der Waals surface area contributed by atoms with Crippen LogP contribution in [0.15, 0.2) is 18.2 Å². The highest BCUT2D eigenvalue weighted by atomic mass is 16.6. The molecule has 2 aromatic rings. The number of carbonyl (C=O) groups excluding carboxylic acids is 1. The van der Waals surface area contributed by atoms with E-state index < -0.39 is 11.7 Å². The van der Waals surface area contributed by atoms with Crippen LogP contribution < -0.4 is 5.73 Å². The van der Waals surface area contributed by atoms with Crippen molar-refractivity contribution in [2.45, 2.75) is 33.3 Å². The van der Waals surface area contributed by atoms with Crippen molar-refractivity contribution in [2.75, 3.05) is 5.73 Å². The Morgan fingerprint density at radius 1 is 1.39 bits per heavy atom. The first-order valence-corrected chi connectivity index (χ1v) is 5.76. The van der Waals surface area contributed by atoms with E-state index in [9.17, 15) is 4.79 Å². The van der Waals surface area contributed by atoms with Gasteiger partial charge in [0.25, 0.3) is 0 Å². The maximum atomic E-state index is 12.0. The molecule has 0 fully saturated rings. The van der Waals surface area contributed by atoms with Gasteiger partial charge in [0.05, 0.1) is 5.52 Å². The molecular formula is C13H17N3O2. The van der Waals surface area contributed by atoms with Gasteiger partial charge in [-0.2, -0.15) is 4.68 Å². The van der Waals surface area contributed by atoms with E-state index in [4.69, 9.17) is 10.5 Å². The Kier molecular flexibility index (Phi) is 2.77. The first-order valence-electron chi connectivity index (χ1n) is 5.76. The lowest BCUT2D eigenvalue weighted by Crippen LogP contribution is -2.27. The summed E-state index contributed by atoms with van der Waals surface area (Å²) in [6.45, 7) is 7.38. The van der Waals surface area contributed by atoms with Crippen LogP contribution in [0.2, 0.25) is 0 Å². The van der Waals surface area contributed by atoms with Crippen molar-refractivity contribution in [3.63, 3.8) is 0 Å². The minimum absolute atomic E-state index is 0.329. The SMILES string of the molecule is Cc1ccc2c(N)nn(C(=O)OC(C)(C)C)c2c1. The maximum Gasteiger partial charge on any atom is 0.435 e. The lowest BCUT2D eigenvalue weighted by Gasteiger charge is -2.19. The van der Waals surface area contributed by atoms with Crippen LogP contribution in [-0.4, -0.2) is 21.5 Å². The Morgan fingerprint density at radius 3 is 2.67 bits per heavy atom. The van der Waals surface area contributed by atoms with Crippen molar-refractivity contribution in [3.8, 4) is 0 Å². The number of aryl methyl sites for hydroxylation is 1. The fourth-order valence-corrected chi connectivity index (χ4v) is 1.69. The van der Waals surface area contributed by atoms with Gasteiger partial charge in [0.2, 0.25) is 0 Å². The number of anilines is 1. The third-order valence-electron chi connectivity index (χ3n) is 2.43. The Labute approximate surface area is 106 Å². The first kappa shape index (κ1) is 12.4. The zero-order valence-electron chi connectivity index (χ0n) is 11.0. The van der Waals surface area contributed by atoms with E-state index in [-0.39, 0.29) is 0 Å². The zero-order valence-corrected chi connectivity index (χ0v) is 11.0. The number of rotatable bonds is 0. The van der Waals surface area contributed by atoms with Gasteiger partial charge in [-0.25, -0.2) is 4.79 Å². The quantitative estimate of drug-likeness (QED) is 0.777. The molecule has 0 saturated carbocycles. The monoisotopic (exact) mass is 247 g/mol. The van der Waals surface area contributed by atoms with Crippen LogP contribution in [-0.2, 0) is 4.74 Å². The van der Waals surface area contributed by atoms with Crippen LogP contribution in [0.4, 0.5) is 10.6 Å². The number of nitrogen functional groups attached to an aromatic ring is 1. The summed E-state index contributed by atoms with van der Waals surface area (Å²) >= 11 is 0. The van der Waals surface area contributed by atoms with Gasteiger partial charge in [-0.15, -0.1) is 5.10 Å². The Bertz CT molecular complexity index is 608. The van der Waals surface area contributed by atoms with E-state index in [2.05, 4.69) is 5.10 Å². The molecule has 0 atom stereocenters. The highest BCUT2D eigenvalue weighted by Gasteiger charge is 2.21. The van der Waals surface area contributed by atoms with Crippen molar-refractivity contribution in [2.24, 2.45) is 0 Å². The van der Waals surface area contributed by atoms with Gasteiger partial charge >= 0.3 is 6.09 Å². The molecule has 0 bridgehead atoms. The summed E-state index contributed by atoms with van der Waals surface area (Å²) in [6.07, 6.45) is -0.519. The molecule has 0 spiro atoms. The van der Waals surface area contributed by atoms with E-state index in [1.54, 1.807) is 0 Å². The molecule has 0 radical (unpaired) electrons. The van der Waals surface area contributed by atoms with Crippen LogP contribution >= 0.6 is 0 Å². The highest BCUT2D eigenvalue weighted by Crippen LogP contribution is 2.22. The van der Waals surface area contributed by atoms with Crippen molar-refractivity contribution in [3.05, 3.63) is 23.8 Å². The molecule has 0 unspecified atom stereocenters. The molecule has 0 aliphatic heterocycles. The Balaban J connectivity index is 2.51. The summed E-state index contributed by atoms with van der Waals surface area (Å²) in [5.41, 5.74) is 6.93. The van der Waals surface area contributed by atoms with Crippen molar-refractivity contribution in [1.29, 1.82) is 0 Å². The van der Waals surface area contributed by atoms with E-state index in [0.29, 0.717) is 11.3 Å². The largest absolute Gasteiger partial charge is 0.442 e. The molecule has 96 valence electrons. The van der Waals surface area contributed by atoms with Crippen LogP contribution in [0.5, 0.6) is 0 Å². The van der Waals surface area contributed by atoms with Gasteiger partial charge in [-0.1, -0.05) is 6.07 Å². The number of nitrogens with two attached hydrogens (primary N) is 1. The smallest absolute Gasteiger partial charge is 0.435 e. The molecule has 5 heteroatoms. The van der Waals surface area contributed by atoms with Gasteiger partial charge in [0, 0.05) is 5.39 Å². The predicted octanol–water partition coefficient (Wildman–Crippen LogP) is 2.71. The van der Waals surface area contributed by atoms with Gasteiger partial charge < -0.3 is 10.5 Å². The van der Waals surface area contributed by atoms with Crippen molar-refractivity contribution < 1.29 is 9.53 Å². The van der Waals surface area contributed by atoms with E-state index in [1.165, 1.54) is 4.68 Å². The molecule has 2 rings (SSSR count). The molecule has 0 saturated heterocycles. The third-order valence-corrected chi connectivity index (χ3v) is 2.43. The summed E-state index contributed by atoms with van der Waals surface area (Å²) in [5.74, 6) is 0.329. The lowest BCUT2D eigenvalue weighted by atomic mass is 10.2. The van der Waals surface area contributed by atoms with E-state index in [1.807, 2.05) is 45.9 Å². The normalized spacial score (nSPS) is 11.8. The zero-order chi connectivity index (χ0) is 13.5. The highest BCUT2D eigenvalue weighted by molar-refractivity contribution is 5.95. The number of benzene rings is 1. The molecule has 0 amide bonds. The van der Waals surface area contributed by atoms with E-state index in [0.717, 1.165) is 10.9 Å². The summed E-state index contributed by atoms with van der Waals surface area (Å²) in [4.78, 5) is 12.0. The van der Waals surface area contributed by atoms with Gasteiger partial charge in [0.15, 0.2) is 5.82 Å². The molecule has 1 aromatic heterocycles. The summed E-state index contributed by atoms with van der Waals surface area (Å²) in [6, 6.07) is 5.65. The van der Waals surface area contributed by atoms with Crippen LogP contribution in [0.3, 0.4) is 0 Å². The Hall–Kier alpha value is -2.04. The number of ether oxygens (including phenoxy) is 1. The fourth-order valence-electron chi connectivity index (χ4n) is 1.69. The molecule has 0 aliphatic rings. The van der Waals surface area contributed by atoms with E-state index >= 15 is 0 Å². The lowest BCUT2D eigenvalue weighted by molar-refractivity contribution is 0.0523. The van der Waals surface area contributed by atoms with Crippen LogP contribution in [0.1, 0.15) is 26.3 Å². The second kappa shape index (κ2) is 4.01. The summed E-state index contributed by atoms with van der Waals surface area (Å²) in [5, 5.41) is 4.79. The number of carbonyl (C=O) groups is 1. The molecular weight excluding hydrogens is 230 g/mol. The molecule has 1 aromatic carbocycles. The number of hydrogen-bond donors (Lipinski definition) is 1. The van der Waals surface area contributed by atoms with Crippen molar-refractivity contribution >= 4 is 22.8 Å². The summed E-state index contributed by atoms with van der Waals surface area (Å²) < 4.78 is 6.50. The number of nitrogens with zero attached hydrogens (tertiary/aromatic N) is 2. The summed E-state index contributed by atoms with van der Waals surface area (Å²) in [7, 11) is 0. The molecule has 18 heavy (non-hydrogen) atoms. The second-order valence-corrected chi connectivity index (χ2v) is 5.30. The first-order chi connectivity index (χ1) is 8.28. The van der Waals surface area contributed by atoms with Crippen LogP contribution in [0, 0.1) is 6.92 Å². The number of aromatic nitrogens is 2. The van der Waals surface area contributed by atoms with Gasteiger partial charge in [-0.05, 0) is 45.4 Å². The second-order valence-electron chi connectivity index (χ2n) is 5.30. The van der Waals surface area contributed by atoms with Crippen molar-refractivity contribution in [1.82, 2.24) is 9.78 Å². The average molecular weight is 247 g/mol. The van der Waals surface area contributed by atoms with Crippen LogP contribution in [0.25, 0.3) is 10.9 Å². The molecule has 0 aliphatic carbocycles. The average Bonchev–Trinajstić information content (AvgIpc) is 2.53. The minimum atomic E-state index is -0.562. The van der Waals surface area contributed by atoms with Gasteiger partial charge in [0.1, 0.15) is 5.60 Å². The van der Waals surface area contributed by atoms with Gasteiger partial charge in [-0.3, -0.25) is 0 Å². The Morgan fingerprint density at radius 2 is 2.06 bits per heavy atom. The number of fused-ring (bicyclic) bond motifs is 1. The predicted molar refractivity (Wildman–Crippen MR) is 70.5 cm³/mol. The topological polar surface area (TPSA) is 70.1 Å². The molecule has 2 N–H and O–H groups in total. The fraction of sp³-hybridized carbons (Fsp3) is 0.385. The maximum absolute atomic E-state index is 12.0. The standard InChI is InChI=1S/C13H17N3O2/c1-8-5-6-9-10(7-8)16(15-11(9)14)12(17)18-13(2,3)4/h5-7H,1-4H3,(H2,14,15). The molecule has 5 nitrogen and oxygen atoms in total.